The van der Waals surface area contributed by atoms with Crippen molar-refractivity contribution < 1.29 is 19.1 Å². The predicted octanol–water partition coefficient (Wildman–Crippen LogP) is 3.17. The van der Waals surface area contributed by atoms with E-state index in [0.29, 0.717) is 24.0 Å². The summed E-state index contributed by atoms with van der Waals surface area (Å²) in [6, 6.07) is 0. The molecule has 0 N–H and O–H groups in total. The van der Waals surface area contributed by atoms with Gasteiger partial charge in [-0.2, -0.15) is 0 Å². The van der Waals surface area contributed by atoms with Crippen LogP contribution in [-0.2, 0) is 19.1 Å². The minimum absolute atomic E-state index is 0.0311. The van der Waals surface area contributed by atoms with E-state index in [9.17, 15) is 9.59 Å². The molecule has 4 fully saturated rings. The van der Waals surface area contributed by atoms with Crippen LogP contribution < -0.4 is 0 Å². The van der Waals surface area contributed by atoms with Crippen LogP contribution in [0.2, 0.25) is 0 Å². The molecular formula is C18H24O4. The summed E-state index contributed by atoms with van der Waals surface area (Å²) in [6.45, 7) is 9.21. The summed E-state index contributed by atoms with van der Waals surface area (Å²) >= 11 is 0. The summed E-state index contributed by atoms with van der Waals surface area (Å²) < 4.78 is 11.2. The quantitative estimate of drug-likeness (QED) is 0.578. The summed E-state index contributed by atoms with van der Waals surface area (Å²) in [5.41, 5.74) is 0.0271. The third kappa shape index (κ3) is 2.71. The molecule has 2 atom stereocenters. The van der Waals surface area contributed by atoms with Crippen molar-refractivity contribution in [3.63, 3.8) is 0 Å². The van der Waals surface area contributed by atoms with Gasteiger partial charge in [0.25, 0.3) is 0 Å². The maximum absolute atomic E-state index is 11.7. The zero-order valence-corrected chi connectivity index (χ0v) is 13.2. The molecule has 0 spiro atoms. The lowest BCUT2D eigenvalue weighted by atomic mass is 9.48. The monoisotopic (exact) mass is 304 g/mol. The first kappa shape index (κ1) is 15.3. The summed E-state index contributed by atoms with van der Waals surface area (Å²) in [5.74, 6) is 0.480. The molecule has 0 aromatic rings. The summed E-state index contributed by atoms with van der Waals surface area (Å²) in [4.78, 5) is 23.4. The van der Waals surface area contributed by atoms with Crippen LogP contribution in [0, 0.1) is 17.3 Å². The second-order valence-corrected chi connectivity index (χ2v) is 7.63. The topological polar surface area (TPSA) is 52.6 Å². The number of carbonyl (C=O) groups excluding carboxylic acids is 2. The Hall–Kier alpha value is -1.58. The van der Waals surface area contributed by atoms with Gasteiger partial charge in [-0.05, 0) is 57.3 Å². The second-order valence-electron chi connectivity index (χ2n) is 7.63. The van der Waals surface area contributed by atoms with Gasteiger partial charge in [0, 0.05) is 17.1 Å². The van der Waals surface area contributed by atoms with E-state index in [2.05, 4.69) is 13.2 Å². The number of esters is 2. The zero-order chi connectivity index (χ0) is 16.0. The molecule has 120 valence electrons. The Bertz CT molecular complexity index is 519. The molecule has 2 unspecified atom stereocenters. The Morgan fingerprint density at radius 2 is 1.86 bits per heavy atom. The highest BCUT2D eigenvalue weighted by atomic mass is 16.6. The van der Waals surface area contributed by atoms with Gasteiger partial charge < -0.3 is 9.47 Å². The standard InChI is InChI=1S/C18H24O4/c1-4-15(19)22-18-8-13-5-14(9-18)7-17(6-13,10-18)11-21-16(20)12(2)3/h4,13-14H,1-2,5-11H2,3H3. The van der Waals surface area contributed by atoms with E-state index in [0.717, 1.165) is 32.1 Å². The summed E-state index contributed by atoms with van der Waals surface area (Å²) in [6.07, 6.45) is 7.28. The van der Waals surface area contributed by atoms with Gasteiger partial charge in [0.2, 0.25) is 0 Å². The maximum atomic E-state index is 11.7. The van der Waals surface area contributed by atoms with Gasteiger partial charge in [-0.25, -0.2) is 9.59 Å². The van der Waals surface area contributed by atoms with Gasteiger partial charge in [-0.1, -0.05) is 13.2 Å². The van der Waals surface area contributed by atoms with Crippen LogP contribution >= 0.6 is 0 Å². The van der Waals surface area contributed by atoms with E-state index < -0.39 is 0 Å². The van der Waals surface area contributed by atoms with Crippen molar-refractivity contribution in [2.24, 2.45) is 17.3 Å². The van der Waals surface area contributed by atoms with E-state index in [-0.39, 0.29) is 23.0 Å². The van der Waals surface area contributed by atoms with Crippen molar-refractivity contribution in [1.29, 1.82) is 0 Å². The van der Waals surface area contributed by atoms with Gasteiger partial charge in [0.05, 0.1) is 6.61 Å². The van der Waals surface area contributed by atoms with Crippen LogP contribution in [0.4, 0.5) is 0 Å². The molecule has 4 bridgehead atoms. The van der Waals surface area contributed by atoms with E-state index in [4.69, 9.17) is 9.47 Å². The minimum Gasteiger partial charge on any atom is -0.462 e. The molecule has 4 aliphatic carbocycles. The Balaban J connectivity index is 1.75. The smallest absolute Gasteiger partial charge is 0.333 e. The lowest BCUT2D eigenvalue weighted by Crippen LogP contribution is -2.58. The third-order valence-electron chi connectivity index (χ3n) is 5.47. The molecule has 0 saturated heterocycles. The normalized spacial score (nSPS) is 38.4. The van der Waals surface area contributed by atoms with Gasteiger partial charge >= 0.3 is 11.9 Å². The van der Waals surface area contributed by atoms with Gasteiger partial charge in [0.15, 0.2) is 0 Å². The van der Waals surface area contributed by atoms with Crippen LogP contribution in [0.25, 0.3) is 0 Å². The molecule has 0 aromatic carbocycles. The Morgan fingerprint density at radius 1 is 1.23 bits per heavy atom. The number of hydrogen-bond acceptors (Lipinski definition) is 4. The highest BCUT2D eigenvalue weighted by Crippen LogP contribution is 2.62. The van der Waals surface area contributed by atoms with Crippen LogP contribution in [-0.4, -0.2) is 24.1 Å². The number of hydrogen-bond donors (Lipinski definition) is 0. The van der Waals surface area contributed by atoms with Crippen molar-refractivity contribution >= 4 is 11.9 Å². The molecule has 0 aliphatic heterocycles. The molecule has 4 heteroatoms. The van der Waals surface area contributed by atoms with Crippen LogP contribution in [0.3, 0.4) is 0 Å². The molecule has 0 radical (unpaired) electrons. The highest BCUT2D eigenvalue weighted by molar-refractivity contribution is 5.86. The van der Waals surface area contributed by atoms with Crippen molar-refractivity contribution in [1.82, 2.24) is 0 Å². The van der Waals surface area contributed by atoms with Crippen LogP contribution in [0.5, 0.6) is 0 Å². The largest absolute Gasteiger partial charge is 0.462 e. The molecule has 22 heavy (non-hydrogen) atoms. The van der Waals surface area contributed by atoms with Crippen molar-refractivity contribution in [3.05, 3.63) is 24.8 Å². The lowest BCUT2D eigenvalue weighted by molar-refractivity contribution is -0.206. The Labute approximate surface area is 131 Å². The molecule has 0 amide bonds. The fourth-order valence-corrected chi connectivity index (χ4v) is 5.25. The van der Waals surface area contributed by atoms with Crippen molar-refractivity contribution in [2.75, 3.05) is 6.61 Å². The van der Waals surface area contributed by atoms with E-state index >= 15 is 0 Å². The van der Waals surface area contributed by atoms with Crippen LogP contribution in [0.1, 0.15) is 45.4 Å². The molecule has 4 saturated carbocycles. The fraction of sp³-hybridized carbons (Fsp3) is 0.667. The average molecular weight is 304 g/mol. The number of rotatable bonds is 5. The first-order valence-corrected chi connectivity index (χ1v) is 8.03. The molecule has 4 rings (SSSR count). The van der Waals surface area contributed by atoms with Crippen molar-refractivity contribution in [3.8, 4) is 0 Å². The van der Waals surface area contributed by atoms with Gasteiger partial charge in [-0.15, -0.1) is 0 Å². The molecule has 0 heterocycles. The Morgan fingerprint density at radius 3 is 2.41 bits per heavy atom. The summed E-state index contributed by atoms with van der Waals surface area (Å²) in [7, 11) is 0. The first-order chi connectivity index (χ1) is 10.4. The highest BCUT2D eigenvalue weighted by Gasteiger charge is 2.59. The predicted molar refractivity (Wildman–Crippen MR) is 81.9 cm³/mol. The zero-order valence-electron chi connectivity index (χ0n) is 13.2. The number of ether oxygens (including phenoxy) is 2. The first-order valence-electron chi connectivity index (χ1n) is 8.03. The molecule has 4 aliphatic rings. The lowest BCUT2D eigenvalue weighted by Gasteiger charge is -2.60. The Kier molecular flexibility index (Phi) is 3.66. The summed E-state index contributed by atoms with van der Waals surface area (Å²) in [5, 5.41) is 0. The molecule has 4 nitrogen and oxygen atoms in total. The molecule has 0 aromatic heterocycles. The SMILES string of the molecule is C=CC(=O)OC12CC3CC(CC(COC(=O)C(=C)C)(C3)C1)C2. The van der Waals surface area contributed by atoms with E-state index in [1.807, 2.05) is 0 Å². The third-order valence-corrected chi connectivity index (χ3v) is 5.47. The van der Waals surface area contributed by atoms with Crippen molar-refractivity contribution in [2.45, 2.75) is 51.0 Å². The maximum Gasteiger partial charge on any atom is 0.333 e. The van der Waals surface area contributed by atoms with Crippen LogP contribution in [0.15, 0.2) is 24.8 Å². The van der Waals surface area contributed by atoms with Gasteiger partial charge in [-0.3, -0.25) is 0 Å². The van der Waals surface area contributed by atoms with E-state index in [1.165, 1.54) is 12.5 Å². The minimum atomic E-state index is -0.370. The second kappa shape index (κ2) is 5.25. The average Bonchev–Trinajstić information content (AvgIpc) is 2.42. The number of carbonyl (C=O) groups is 2. The fourth-order valence-electron chi connectivity index (χ4n) is 5.25. The van der Waals surface area contributed by atoms with E-state index in [1.54, 1.807) is 6.92 Å². The van der Waals surface area contributed by atoms with Gasteiger partial charge in [0.1, 0.15) is 5.60 Å². The molecular weight excluding hydrogens is 280 g/mol.